The SMILES string of the molecule is N[C@@H]1C=C[C@H](OC=O)C1. The molecule has 0 saturated heterocycles. The van der Waals surface area contributed by atoms with Gasteiger partial charge in [0.1, 0.15) is 6.10 Å². The largest absolute Gasteiger partial charge is 0.460 e. The average Bonchev–Trinajstić information content (AvgIpc) is 2.17. The molecule has 0 heterocycles. The summed E-state index contributed by atoms with van der Waals surface area (Å²) in [5.74, 6) is 0. The number of ether oxygens (including phenoxy) is 1. The van der Waals surface area contributed by atoms with Crippen LogP contribution < -0.4 is 5.73 Å². The monoisotopic (exact) mass is 127 g/mol. The fraction of sp³-hybridized carbons (Fsp3) is 0.500. The molecule has 2 N–H and O–H groups in total. The number of nitrogens with two attached hydrogens (primary N) is 1. The molecule has 0 spiro atoms. The Hall–Kier alpha value is -0.830. The molecule has 0 amide bonds. The molecule has 0 fully saturated rings. The minimum atomic E-state index is -0.0856. The Morgan fingerprint density at radius 3 is 2.89 bits per heavy atom. The highest BCUT2D eigenvalue weighted by Crippen LogP contribution is 2.10. The van der Waals surface area contributed by atoms with E-state index in [9.17, 15) is 4.79 Å². The lowest BCUT2D eigenvalue weighted by molar-refractivity contribution is -0.131. The van der Waals surface area contributed by atoms with Gasteiger partial charge in [-0.05, 0) is 6.08 Å². The van der Waals surface area contributed by atoms with E-state index in [1.165, 1.54) is 0 Å². The second-order valence-electron chi connectivity index (χ2n) is 2.06. The van der Waals surface area contributed by atoms with Gasteiger partial charge in [0.25, 0.3) is 6.47 Å². The van der Waals surface area contributed by atoms with E-state index in [1.54, 1.807) is 6.08 Å². The van der Waals surface area contributed by atoms with Crippen molar-refractivity contribution in [2.45, 2.75) is 18.6 Å². The van der Waals surface area contributed by atoms with E-state index in [-0.39, 0.29) is 12.1 Å². The molecular formula is C6H9NO2. The van der Waals surface area contributed by atoms with E-state index in [2.05, 4.69) is 4.74 Å². The fourth-order valence-corrected chi connectivity index (χ4v) is 0.864. The van der Waals surface area contributed by atoms with Gasteiger partial charge in [0, 0.05) is 12.5 Å². The summed E-state index contributed by atoms with van der Waals surface area (Å²) in [5.41, 5.74) is 5.47. The van der Waals surface area contributed by atoms with Gasteiger partial charge in [0.05, 0.1) is 0 Å². The van der Waals surface area contributed by atoms with Crippen LogP contribution in [0.5, 0.6) is 0 Å². The summed E-state index contributed by atoms with van der Waals surface area (Å²) in [6.45, 7) is 0.451. The maximum Gasteiger partial charge on any atom is 0.293 e. The van der Waals surface area contributed by atoms with Crippen LogP contribution in [0.4, 0.5) is 0 Å². The Bertz CT molecular complexity index is 133. The summed E-state index contributed by atoms with van der Waals surface area (Å²) in [7, 11) is 0. The van der Waals surface area contributed by atoms with Gasteiger partial charge in [-0.1, -0.05) is 6.08 Å². The van der Waals surface area contributed by atoms with Crippen LogP contribution in [0.15, 0.2) is 12.2 Å². The highest BCUT2D eigenvalue weighted by molar-refractivity contribution is 5.38. The van der Waals surface area contributed by atoms with Gasteiger partial charge >= 0.3 is 0 Å². The molecule has 0 saturated carbocycles. The smallest absolute Gasteiger partial charge is 0.293 e. The number of carbonyl (C=O) groups is 1. The van der Waals surface area contributed by atoms with E-state index < -0.39 is 0 Å². The van der Waals surface area contributed by atoms with Gasteiger partial charge in [-0.25, -0.2) is 0 Å². The first-order valence-corrected chi connectivity index (χ1v) is 2.86. The number of carbonyl (C=O) groups excluding carboxylic acids is 1. The van der Waals surface area contributed by atoms with Crippen molar-refractivity contribution in [3.8, 4) is 0 Å². The van der Waals surface area contributed by atoms with Crippen LogP contribution in [0.1, 0.15) is 6.42 Å². The Morgan fingerprint density at radius 1 is 1.67 bits per heavy atom. The summed E-state index contributed by atoms with van der Waals surface area (Å²) in [5, 5.41) is 0. The van der Waals surface area contributed by atoms with Crippen LogP contribution in [-0.4, -0.2) is 18.6 Å². The quantitative estimate of drug-likeness (QED) is 0.413. The van der Waals surface area contributed by atoms with Crippen molar-refractivity contribution >= 4 is 6.47 Å². The molecule has 0 aliphatic heterocycles. The number of rotatable bonds is 2. The van der Waals surface area contributed by atoms with Crippen molar-refractivity contribution in [1.82, 2.24) is 0 Å². The first-order chi connectivity index (χ1) is 4.33. The molecule has 0 aromatic rings. The van der Waals surface area contributed by atoms with Crippen LogP contribution >= 0.6 is 0 Å². The lowest BCUT2D eigenvalue weighted by Crippen LogP contribution is -2.18. The van der Waals surface area contributed by atoms with Crippen molar-refractivity contribution in [2.24, 2.45) is 5.73 Å². The van der Waals surface area contributed by atoms with E-state index in [1.807, 2.05) is 6.08 Å². The second kappa shape index (κ2) is 2.64. The highest BCUT2D eigenvalue weighted by atomic mass is 16.5. The van der Waals surface area contributed by atoms with E-state index in [4.69, 9.17) is 5.73 Å². The van der Waals surface area contributed by atoms with E-state index in [0.717, 1.165) is 6.42 Å². The minimum Gasteiger partial charge on any atom is -0.460 e. The molecule has 1 aliphatic rings. The standard InChI is InChI=1S/C6H9NO2/c7-5-1-2-6(3-5)9-4-8/h1-2,4-6H,3,7H2/t5-,6+/m1/s1. The molecule has 50 valence electrons. The lowest BCUT2D eigenvalue weighted by atomic mass is 10.2. The maximum atomic E-state index is 9.77. The molecule has 0 radical (unpaired) electrons. The zero-order valence-corrected chi connectivity index (χ0v) is 4.99. The molecular weight excluding hydrogens is 118 g/mol. The van der Waals surface area contributed by atoms with Crippen LogP contribution in [0.2, 0.25) is 0 Å². The molecule has 0 bridgehead atoms. The van der Waals surface area contributed by atoms with Crippen molar-refractivity contribution in [3.05, 3.63) is 12.2 Å². The minimum absolute atomic E-state index is 0.0648. The van der Waals surface area contributed by atoms with Crippen LogP contribution in [0, 0.1) is 0 Å². The molecule has 3 heteroatoms. The predicted octanol–water partition coefficient (Wildman–Crippen LogP) is -0.185. The number of hydrogen-bond donors (Lipinski definition) is 1. The van der Waals surface area contributed by atoms with Crippen LogP contribution in [-0.2, 0) is 9.53 Å². The van der Waals surface area contributed by atoms with Crippen molar-refractivity contribution in [3.63, 3.8) is 0 Å². The Morgan fingerprint density at radius 2 is 2.44 bits per heavy atom. The highest BCUT2D eigenvalue weighted by Gasteiger charge is 2.15. The predicted molar refractivity (Wildman–Crippen MR) is 32.7 cm³/mol. The van der Waals surface area contributed by atoms with E-state index >= 15 is 0 Å². The first-order valence-electron chi connectivity index (χ1n) is 2.86. The van der Waals surface area contributed by atoms with Gasteiger partial charge < -0.3 is 10.5 Å². The Kier molecular flexibility index (Phi) is 1.85. The van der Waals surface area contributed by atoms with Gasteiger partial charge in [-0.15, -0.1) is 0 Å². The summed E-state index contributed by atoms with van der Waals surface area (Å²) in [6, 6.07) is 0.0648. The summed E-state index contributed by atoms with van der Waals surface area (Å²) >= 11 is 0. The molecule has 0 aromatic carbocycles. The topological polar surface area (TPSA) is 52.3 Å². The molecule has 0 aromatic heterocycles. The molecule has 1 aliphatic carbocycles. The normalized spacial score (nSPS) is 32.6. The third kappa shape index (κ3) is 1.54. The zero-order valence-electron chi connectivity index (χ0n) is 4.99. The maximum absolute atomic E-state index is 9.77. The van der Waals surface area contributed by atoms with Crippen LogP contribution in [0.25, 0.3) is 0 Å². The van der Waals surface area contributed by atoms with Gasteiger partial charge in [0.15, 0.2) is 0 Å². The lowest BCUT2D eigenvalue weighted by Gasteiger charge is -2.04. The average molecular weight is 127 g/mol. The molecule has 2 atom stereocenters. The Labute approximate surface area is 53.5 Å². The third-order valence-corrected chi connectivity index (χ3v) is 1.31. The van der Waals surface area contributed by atoms with Crippen LogP contribution in [0.3, 0.4) is 0 Å². The third-order valence-electron chi connectivity index (χ3n) is 1.31. The molecule has 9 heavy (non-hydrogen) atoms. The van der Waals surface area contributed by atoms with Crippen molar-refractivity contribution in [1.29, 1.82) is 0 Å². The second-order valence-corrected chi connectivity index (χ2v) is 2.06. The summed E-state index contributed by atoms with van der Waals surface area (Å²) < 4.78 is 4.63. The van der Waals surface area contributed by atoms with E-state index in [0.29, 0.717) is 6.47 Å². The summed E-state index contributed by atoms with van der Waals surface area (Å²) in [6.07, 6.45) is 4.28. The summed E-state index contributed by atoms with van der Waals surface area (Å²) in [4.78, 5) is 9.77. The first kappa shape index (κ1) is 6.29. The molecule has 1 rings (SSSR count). The fourth-order valence-electron chi connectivity index (χ4n) is 0.864. The number of hydrogen-bond acceptors (Lipinski definition) is 3. The zero-order chi connectivity index (χ0) is 6.69. The molecule has 3 nitrogen and oxygen atoms in total. The van der Waals surface area contributed by atoms with Crippen molar-refractivity contribution < 1.29 is 9.53 Å². The molecule has 0 unspecified atom stereocenters. The van der Waals surface area contributed by atoms with Gasteiger partial charge in [-0.2, -0.15) is 0 Å². The van der Waals surface area contributed by atoms with Crippen molar-refractivity contribution in [2.75, 3.05) is 0 Å². The Balaban J connectivity index is 2.31. The van der Waals surface area contributed by atoms with Gasteiger partial charge in [0.2, 0.25) is 0 Å². The van der Waals surface area contributed by atoms with Gasteiger partial charge in [-0.3, -0.25) is 4.79 Å².